The molecule has 3 rings (SSSR count). The molecule has 0 amide bonds. The van der Waals surface area contributed by atoms with Crippen LogP contribution in [0.1, 0.15) is 59.1 Å². The molecule has 1 N–H and O–H groups in total. The number of esters is 1. The second-order valence-electron chi connectivity index (χ2n) is 8.24. The topological polar surface area (TPSA) is 87.5 Å². The molecule has 0 radical (unpaired) electrons. The summed E-state index contributed by atoms with van der Waals surface area (Å²) in [6, 6.07) is 5.23. The summed E-state index contributed by atoms with van der Waals surface area (Å²) < 4.78 is 18.7. The van der Waals surface area contributed by atoms with E-state index in [0.717, 1.165) is 24.2 Å². The number of hydrogen-bond acceptors (Lipinski definition) is 8. The molecule has 0 aliphatic carbocycles. The van der Waals surface area contributed by atoms with Gasteiger partial charge >= 0.3 is 5.97 Å². The summed E-state index contributed by atoms with van der Waals surface area (Å²) in [6.45, 7) is 11.0. The van der Waals surface area contributed by atoms with Gasteiger partial charge in [0, 0.05) is 11.4 Å². The average molecular weight is 475 g/mol. The first-order chi connectivity index (χ1) is 15.9. The molecule has 0 fully saturated rings. The molecule has 0 spiro atoms. The van der Waals surface area contributed by atoms with Crippen molar-refractivity contribution in [3.63, 3.8) is 0 Å². The van der Waals surface area contributed by atoms with Crippen LogP contribution in [0.25, 0.3) is 0 Å². The molecule has 1 aromatic heterocycles. The highest BCUT2D eigenvalue weighted by atomic mass is 32.2. The zero-order chi connectivity index (χ0) is 24.0. The van der Waals surface area contributed by atoms with Crippen molar-refractivity contribution in [2.45, 2.75) is 58.7 Å². The van der Waals surface area contributed by atoms with E-state index in [1.54, 1.807) is 30.5 Å². The highest BCUT2D eigenvalue weighted by Gasteiger charge is 2.35. The number of carbonyl (C=O) groups excluding carboxylic acids is 1. The molecule has 2 aromatic rings. The number of ether oxygens (including phenoxy) is 3. The second-order valence-corrected chi connectivity index (χ2v) is 9.30. The van der Waals surface area contributed by atoms with Crippen molar-refractivity contribution >= 4 is 23.7 Å². The summed E-state index contributed by atoms with van der Waals surface area (Å²) in [5, 5.41) is 8.60. The summed E-state index contributed by atoms with van der Waals surface area (Å²) >= 11 is 1.59. The molecule has 0 bridgehead atoms. The van der Waals surface area contributed by atoms with Crippen molar-refractivity contribution in [1.82, 2.24) is 14.8 Å². The van der Waals surface area contributed by atoms with Gasteiger partial charge in [0.1, 0.15) is 6.04 Å². The lowest BCUT2D eigenvalue weighted by Crippen LogP contribution is -2.29. The minimum Gasteiger partial charge on any atom is -0.493 e. The largest absolute Gasteiger partial charge is 0.493 e. The van der Waals surface area contributed by atoms with Crippen molar-refractivity contribution in [2.24, 2.45) is 5.92 Å². The summed E-state index contributed by atoms with van der Waals surface area (Å²) in [5.74, 6) is 2.97. The van der Waals surface area contributed by atoms with Gasteiger partial charge in [-0.2, -0.15) is 4.98 Å². The number of nitrogens with one attached hydrogen (secondary N) is 1. The molecule has 1 aliphatic rings. The quantitative estimate of drug-likeness (QED) is 0.357. The van der Waals surface area contributed by atoms with Crippen LogP contribution in [0.2, 0.25) is 0 Å². The van der Waals surface area contributed by atoms with Gasteiger partial charge in [-0.1, -0.05) is 38.6 Å². The van der Waals surface area contributed by atoms with Gasteiger partial charge in [0.15, 0.2) is 11.5 Å². The molecule has 1 aromatic carbocycles. The number of allylic oxidation sites excluding steroid dienone is 1. The van der Waals surface area contributed by atoms with Crippen LogP contribution in [0.5, 0.6) is 11.5 Å². The zero-order valence-corrected chi connectivity index (χ0v) is 21.1. The van der Waals surface area contributed by atoms with Crippen molar-refractivity contribution in [2.75, 3.05) is 31.4 Å². The lowest BCUT2D eigenvalue weighted by atomic mass is 9.95. The highest BCUT2D eigenvalue weighted by Crippen LogP contribution is 2.39. The molecule has 1 aliphatic heterocycles. The molecule has 0 saturated heterocycles. The third kappa shape index (κ3) is 5.82. The van der Waals surface area contributed by atoms with Crippen LogP contribution in [-0.2, 0) is 9.53 Å². The second kappa shape index (κ2) is 11.4. The summed E-state index contributed by atoms with van der Waals surface area (Å²) in [6.07, 6.45) is 1.97. The van der Waals surface area contributed by atoms with Gasteiger partial charge in [0.25, 0.3) is 0 Å². The monoisotopic (exact) mass is 474 g/mol. The first-order valence-corrected chi connectivity index (χ1v) is 12.4. The lowest BCUT2D eigenvalue weighted by molar-refractivity contribution is -0.139. The smallest absolute Gasteiger partial charge is 0.338 e. The Balaban J connectivity index is 2.03. The number of rotatable bonds is 11. The van der Waals surface area contributed by atoms with Gasteiger partial charge in [-0.05, 0) is 50.3 Å². The molecular weight excluding hydrogens is 440 g/mol. The zero-order valence-electron chi connectivity index (χ0n) is 20.3. The fourth-order valence-electron chi connectivity index (χ4n) is 3.55. The number of thioether (sulfide) groups is 1. The maximum absolute atomic E-state index is 13.0. The maximum Gasteiger partial charge on any atom is 0.338 e. The van der Waals surface area contributed by atoms with Crippen molar-refractivity contribution in [1.29, 1.82) is 0 Å². The molecule has 33 heavy (non-hydrogen) atoms. The lowest BCUT2D eigenvalue weighted by Gasteiger charge is -2.28. The number of fused-ring (bicyclic) bond motifs is 1. The first kappa shape index (κ1) is 25.0. The van der Waals surface area contributed by atoms with Crippen LogP contribution in [0, 0.1) is 5.92 Å². The third-order valence-corrected chi connectivity index (χ3v) is 6.26. The average Bonchev–Trinajstić information content (AvgIpc) is 3.19. The minimum absolute atomic E-state index is 0.288. The Labute approximate surface area is 200 Å². The molecule has 0 saturated carbocycles. The van der Waals surface area contributed by atoms with Gasteiger partial charge in [-0.25, -0.2) is 9.48 Å². The van der Waals surface area contributed by atoms with Crippen LogP contribution in [0.15, 0.2) is 34.6 Å². The van der Waals surface area contributed by atoms with E-state index >= 15 is 0 Å². The Morgan fingerprint density at radius 1 is 1.27 bits per heavy atom. The minimum atomic E-state index is -0.498. The summed E-state index contributed by atoms with van der Waals surface area (Å²) in [7, 11) is 1.62. The molecule has 180 valence electrons. The van der Waals surface area contributed by atoms with E-state index in [9.17, 15) is 4.79 Å². The van der Waals surface area contributed by atoms with E-state index in [2.05, 4.69) is 31.1 Å². The summed E-state index contributed by atoms with van der Waals surface area (Å²) in [4.78, 5) is 17.6. The molecule has 2 heterocycles. The first-order valence-electron chi connectivity index (χ1n) is 11.4. The number of aromatic nitrogens is 3. The van der Waals surface area contributed by atoms with Crippen LogP contribution < -0.4 is 14.8 Å². The molecule has 1 unspecified atom stereocenters. The van der Waals surface area contributed by atoms with Crippen molar-refractivity contribution in [3.05, 3.63) is 35.0 Å². The van der Waals surface area contributed by atoms with Crippen LogP contribution in [0.3, 0.4) is 0 Å². The Bertz CT molecular complexity index is 1000. The van der Waals surface area contributed by atoms with Gasteiger partial charge in [0.2, 0.25) is 11.1 Å². The van der Waals surface area contributed by atoms with Gasteiger partial charge in [-0.15, -0.1) is 5.10 Å². The summed E-state index contributed by atoms with van der Waals surface area (Å²) in [5.41, 5.74) is 2.03. The SMILES string of the molecule is CCCSc1nc2n(n1)C(c1ccc(OCCC(C)C)c(OC)c1)C(C(=O)OCC)=C(C)N2. The Hall–Kier alpha value is -2.68. The van der Waals surface area contributed by atoms with Gasteiger partial charge in [-0.3, -0.25) is 0 Å². The third-order valence-electron chi connectivity index (χ3n) is 5.22. The van der Waals surface area contributed by atoms with Crippen LogP contribution >= 0.6 is 11.8 Å². The van der Waals surface area contributed by atoms with E-state index in [0.29, 0.717) is 46.4 Å². The Morgan fingerprint density at radius 2 is 2.06 bits per heavy atom. The molecule has 1 atom stereocenters. The highest BCUT2D eigenvalue weighted by molar-refractivity contribution is 7.99. The maximum atomic E-state index is 13.0. The Kier molecular flexibility index (Phi) is 8.66. The number of carbonyl (C=O) groups is 1. The van der Waals surface area contributed by atoms with Crippen LogP contribution in [-0.4, -0.2) is 46.8 Å². The number of benzene rings is 1. The number of hydrogen-bond donors (Lipinski definition) is 1. The predicted molar refractivity (Wildman–Crippen MR) is 130 cm³/mol. The van der Waals surface area contributed by atoms with Crippen LogP contribution in [0.4, 0.5) is 5.95 Å². The van der Waals surface area contributed by atoms with Crippen molar-refractivity contribution < 1.29 is 19.0 Å². The van der Waals surface area contributed by atoms with E-state index < -0.39 is 6.04 Å². The van der Waals surface area contributed by atoms with Crippen molar-refractivity contribution in [3.8, 4) is 11.5 Å². The standard InChI is InChI=1S/C24H34N4O4S/c1-7-13-33-24-26-23-25-16(5)20(22(29)31-8-2)21(28(23)27-24)17-9-10-18(19(14-17)30-6)32-12-11-15(3)4/h9-10,14-15,21H,7-8,11-13H2,1-6H3,(H,25,26,27). The number of nitrogens with zero attached hydrogens (tertiary/aromatic N) is 3. The van der Waals surface area contributed by atoms with E-state index in [4.69, 9.17) is 19.3 Å². The van der Waals surface area contributed by atoms with Gasteiger partial charge < -0.3 is 19.5 Å². The predicted octanol–water partition coefficient (Wildman–Crippen LogP) is 5.07. The van der Waals surface area contributed by atoms with E-state index in [1.807, 2.05) is 25.1 Å². The Morgan fingerprint density at radius 3 is 2.73 bits per heavy atom. The van der Waals surface area contributed by atoms with E-state index in [1.165, 1.54) is 0 Å². The molecular formula is C24H34N4O4S. The van der Waals surface area contributed by atoms with Gasteiger partial charge in [0.05, 0.1) is 25.9 Å². The normalized spacial score (nSPS) is 15.3. The fraction of sp³-hybridized carbons (Fsp3) is 0.542. The fourth-order valence-corrected chi connectivity index (χ4v) is 4.23. The molecule has 9 heteroatoms. The van der Waals surface area contributed by atoms with E-state index in [-0.39, 0.29) is 12.6 Å². The molecule has 8 nitrogen and oxygen atoms in total. The number of anilines is 1. The number of methoxy groups -OCH3 is 1.